The Morgan fingerprint density at radius 3 is 2.62 bits per heavy atom. The van der Waals surface area contributed by atoms with Gasteiger partial charge in [0.05, 0.1) is 18.5 Å². The zero-order valence-electron chi connectivity index (χ0n) is 13.2. The molecule has 126 valence electrons. The number of methoxy groups -OCH3 is 1. The number of halogens is 2. The van der Waals surface area contributed by atoms with Crippen molar-refractivity contribution in [2.45, 2.75) is 13.5 Å². The summed E-state index contributed by atoms with van der Waals surface area (Å²) < 4.78 is 5.59. The van der Waals surface area contributed by atoms with E-state index in [9.17, 15) is 4.79 Å². The Kier molecular flexibility index (Phi) is 6.63. The van der Waals surface area contributed by atoms with E-state index in [-0.39, 0.29) is 6.61 Å². The molecule has 0 unspecified atom stereocenters. The number of nitrogens with zero attached hydrogens (tertiary/aromatic N) is 1. The zero-order valence-corrected chi connectivity index (χ0v) is 15.5. The van der Waals surface area contributed by atoms with Gasteiger partial charge in [-0.2, -0.15) is 0 Å². The minimum atomic E-state index is -0.576. The Hall–Kier alpha value is -2.05. The normalized spacial score (nSPS) is 11.1. The van der Waals surface area contributed by atoms with Crippen LogP contribution in [0, 0.1) is 0 Å². The minimum absolute atomic E-state index is 0.118. The van der Waals surface area contributed by atoms with Gasteiger partial charge in [0.15, 0.2) is 0 Å². The molecule has 0 bridgehead atoms. The molecule has 2 aromatic rings. The third-order valence-corrected chi connectivity index (χ3v) is 4.10. The molecule has 5 nitrogen and oxygen atoms in total. The number of rotatable bonds is 5. The molecular formula is C17H16BrClN2O3. The van der Waals surface area contributed by atoms with Gasteiger partial charge in [-0.15, -0.1) is 0 Å². The molecule has 0 saturated carbocycles. The van der Waals surface area contributed by atoms with Crippen LogP contribution in [0.2, 0.25) is 5.02 Å². The first-order chi connectivity index (χ1) is 11.5. The highest BCUT2D eigenvalue weighted by molar-refractivity contribution is 9.10. The Labute approximate surface area is 153 Å². The standard InChI is InChI=1S/C17H16BrClN2O3/c1-11(12-6-8-13(18)9-7-12)21-24-10-14-15(19)4-3-5-16(14)20-17(22)23-2/h3-9H,10H2,1-2H3,(H,20,22)/b21-11+. The van der Waals surface area contributed by atoms with Crippen LogP contribution < -0.4 is 5.32 Å². The lowest BCUT2D eigenvalue weighted by Crippen LogP contribution is -2.13. The van der Waals surface area contributed by atoms with Crippen molar-refractivity contribution in [3.63, 3.8) is 0 Å². The van der Waals surface area contributed by atoms with E-state index in [4.69, 9.17) is 16.4 Å². The Morgan fingerprint density at radius 1 is 1.25 bits per heavy atom. The highest BCUT2D eigenvalue weighted by Crippen LogP contribution is 2.25. The molecular weight excluding hydrogens is 396 g/mol. The maximum Gasteiger partial charge on any atom is 0.411 e. The minimum Gasteiger partial charge on any atom is -0.453 e. The number of hydrogen-bond donors (Lipinski definition) is 1. The van der Waals surface area contributed by atoms with Crippen molar-refractivity contribution in [3.05, 3.63) is 63.1 Å². The fourth-order valence-electron chi connectivity index (χ4n) is 1.92. The molecule has 2 rings (SSSR count). The third kappa shape index (κ3) is 4.97. The average Bonchev–Trinajstić information content (AvgIpc) is 2.57. The fourth-order valence-corrected chi connectivity index (χ4v) is 2.41. The van der Waals surface area contributed by atoms with Crippen LogP contribution in [0.15, 0.2) is 52.1 Å². The van der Waals surface area contributed by atoms with Crippen LogP contribution in [0.5, 0.6) is 0 Å². The van der Waals surface area contributed by atoms with Crippen LogP contribution in [-0.4, -0.2) is 18.9 Å². The number of carbonyl (C=O) groups is 1. The second-order valence-electron chi connectivity index (χ2n) is 4.84. The largest absolute Gasteiger partial charge is 0.453 e. The Balaban J connectivity index is 2.09. The summed E-state index contributed by atoms with van der Waals surface area (Å²) >= 11 is 9.57. The highest BCUT2D eigenvalue weighted by atomic mass is 79.9. The molecule has 0 spiro atoms. The summed E-state index contributed by atoms with van der Waals surface area (Å²) in [6.07, 6.45) is -0.576. The van der Waals surface area contributed by atoms with Crippen LogP contribution in [0.4, 0.5) is 10.5 Å². The van der Waals surface area contributed by atoms with Crippen molar-refractivity contribution in [1.82, 2.24) is 0 Å². The van der Waals surface area contributed by atoms with Gasteiger partial charge in [0, 0.05) is 15.1 Å². The lowest BCUT2D eigenvalue weighted by atomic mass is 10.1. The maximum absolute atomic E-state index is 11.4. The average molecular weight is 412 g/mol. The van der Waals surface area contributed by atoms with E-state index in [1.807, 2.05) is 31.2 Å². The lowest BCUT2D eigenvalue weighted by Gasteiger charge is -2.11. The summed E-state index contributed by atoms with van der Waals surface area (Å²) in [5.74, 6) is 0. The van der Waals surface area contributed by atoms with Gasteiger partial charge in [0.1, 0.15) is 6.61 Å². The summed E-state index contributed by atoms with van der Waals surface area (Å²) in [5, 5.41) is 7.17. The number of nitrogens with one attached hydrogen (secondary N) is 1. The molecule has 2 aromatic carbocycles. The molecule has 1 N–H and O–H groups in total. The number of benzene rings is 2. The van der Waals surface area contributed by atoms with E-state index in [0.29, 0.717) is 16.3 Å². The molecule has 0 atom stereocenters. The van der Waals surface area contributed by atoms with Crippen LogP contribution in [0.1, 0.15) is 18.1 Å². The number of carbonyl (C=O) groups excluding carboxylic acids is 1. The summed E-state index contributed by atoms with van der Waals surface area (Å²) in [5.41, 5.74) is 2.82. The third-order valence-electron chi connectivity index (χ3n) is 3.21. The fraction of sp³-hybridized carbons (Fsp3) is 0.176. The summed E-state index contributed by atoms with van der Waals surface area (Å²) in [6, 6.07) is 12.9. The van der Waals surface area contributed by atoms with Crippen LogP contribution >= 0.6 is 27.5 Å². The predicted molar refractivity (Wildman–Crippen MR) is 98.6 cm³/mol. The van der Waals surface area contributed by atoms with E-state index >= 15 is 0 Å². The van der Waals surface area contributed by atoms with Crippen LogP contribution in [0.3, 0.4) is 0 Å². The quantitative estimate of drug-likeness (QED) is 0.542. The van der Waals surface area contributed by atoms with Crippen molar-refractivity contribution in [2.24, 2.45) is 5.16 Å². The number of ether oxygens (including phenoxy) is 1. The monoisotopic (exact) mass is 410 g/mol. The van der Waals surface area contributed by atoms with Gasteiger partial charge in [0.25, 0.3) is 0 Å². The van der Waals surface area contributed by atoms with Crippen LogP contribution in [0.25, 0.3) is 0 Å². The smallest absolute Gasteiger partial charge is 0.411 e. The number of amides is 1. The van der Waals surface area contributed by atoms with Gasteiger partial charge in [0.2, 0.25) is 0 Å². The van der Waals surface area contributed by atoms with Gasteiger partial charge < -0.3 is 9.57 Å². The second kappa shape index (κ2) is 8.70. The van der Waals surface area contributed by atoms with Crippen LogP contribution in [-0.2, 0) is 16.2 Å². The van der Waals surface area contributed by atoms with E-state index in [1.54, 1.807) is 18.2 Å². The topological polar surface area (TPSA) is 59.9 Å². The first-order valence-corrected chi connectivity index (χ1v) is 8.23. The van der Waals surface area contributed by atoms with Crippen molar-refractivity contribution in [3.8, 4) is 0 Å². The van der Waals surface area contributed by atoms with Crippen molar-refractivity contribution in [1.29, 1.82) is 0 Å². The summed E-state index contributed by atoms with van der Waals surface area (Å²) in [4.78, 5) is 16.8. The number of oxime groups is 1. The SMILES string of the molecule is COC(=O)Nc1cccc(Cl)c1CO/N=C(\C)c1ccc(Br)cc1. The van der Waals surface area contributed by atoms with Crippen molar-refractivity contribution >= 4 is 45.0 Å². The molecule has 1 amide bonds. The second-order valence-corrected chi connectivity index (χ2v) is 6.16. The molecule has 0 radical (unpaired) electrons. The predicted octanol–water partition coefficient (Wildman–Crippen LogP) is 5.22. The first kappa shape index (κ1) is 18.3. The van der Waals surface area contributed by atoms with E-state index in [1.165, 1.54) is 7.11 Å². The first-order valence-electron chi connectivity index (χ1n) is 7.06. The number of hydrogen-bond acceptors (Lipinski definition) is 4. The van der Waals surface area contributed by atoms with E-state index < -0.39 is 6.09 Å². The van der Waals surface area contributed by atoms with Crippen molar-refractivity contribution in [2.75, 3.05) is 12.4 Å². The molecule has 0 fully saturated rings. The van der Waals surface area contributed by atoms with Crippen molar-refractivity contribution < 1.29 is 14.4 Å². The van der Waals surface area contributed by atoms with Gasteiger partial charge in [-0.3, -0.25) is 5.32 Å². The molecule has 0 aliphatic heterocycles. The molecule has 0 heterocycles. The maximum atomic E-state index is 11.4. The highest BCUT2D eigenvalue weighted by Gasteiger charge is 2.11. The molecule has 0 aromatic heterocycles. The van der Waals surface area contributed by atoms with E-state index in [0.717, 1.165) is 15.7 Å². The zero-order chi connectivity index (χ0) is 17.5. The van der Waals surface area contributed by atoms with Gasteiger partial charge >= 0.3 is 6.09 Å². The Morgan fingerprint density at radius 2 is 1.96 bits per heavy atom. The molecule has 0 aliphatic rings. The molecule has 0 aliphatic carbocycles. The summed E-state index contributed by atoms with van der Waals surface area (Å²) in [6.45, 7) is 1.97. The molecule has 7 heteroatoms. The number of anilines is 1. The van der Waals surface area contributed by atoms with Gasteiger partial charge in [-0.25, -0.2) is 4.79 Å². The summed E-state index contributed by atoms with van der Waals surface area (Å²) in [7, 11) is 1.29. The van der Waals surface area contributed by atoms with E-state index in [2.05, 4.69) is 31.1 Å². The Bertz CT molecular complexity index is 748. The van der Waals surface area contributed by atoms with Gasteiger partial charge in [-0.1, -0.05) is 50.9 Å². The van der Waals surface area contributed by atoms with Gasteiger partial charge in [-0.05, 0) is 36.8 Å². The lowest BCUT2D eigenvalue weighted by molar-refractivity contribution is 0.131. The molecule has 24 heavy (non-hydrogen) atoms. The molecule has 0 saturated heterocycles.